The molecular weight excluding hydrogens is 252 g/mol. The first-order valence-electron chi connectivity index (χ1n) is 7.01. The van der Waals surface area contributed by atoms with Crippen molar-refractivity contribution in [1.82, 2.24) is 4.90 Å². The molecule has 0 radical (unpaired) electrons. The number of carbonyl (C=O) groups excluding carboxylic acids is 1. The second kappa shape index (κ2) is 7.29. The molecule has 0 aromatic heterocycles. The van der Waals surface area contributed by atoms with Crippen LogP contribution < -0.4 is 5.73 Å². The molecule has 0 aliphatic heterocycles. The van der Waals surface area contributed by atoms with Crippen LogP contribution in [0.3, 0.4) is 0 Å². The molecule has 4 nitrogen and oxygen atoms in total. The quantitative estimate of drug-likeness (QED) is 0.814. The molecule has 0 fully saturated rings. The normalized spacial score (nSPS) is 10.9. The van der Waals surface area contributed by atoms with Crippen molar-refractivity contribution < 1.29 is 9.53 Å². The van der Waals surface area contributed by atoms with Crippen LogP contribution in [0.5, 0.6) is 0 Å². The molecule has 1 aromatic rings. The Balaban J connectivity index is 3.01. The van der Waals surface area contributed by atoms with Crippen LogP contribution in [0.4, 0.5) is 5.69 Å². The van der Waals surface area contributed by atoms with Gasteiger partial charge in [-0.25, -0.2) is 0 Å². The summed E-state index contributed by atoms with van der Waals surface area (Å²) in [6.07, 6.45) is 0. The topological polar surface area (TPSA) is 55.6 Å². The monoisotopic (exact) mass is 278 g/mol. The molecule has 4 heteroatoms. The summed E-state index contributed by atoms with van der Waals surface area (Å²) in [6, 6.07) is 3.75. The molecule has 0 aliphatic rings. The van der Waals surface area contributed by atoms with Crippen LogP contribution in [-0.4, -0.2) is 37.6 Å². The van der Waals surface area contributed by atoms with E-state index in [2.05, 4.69) is 13.8 Å². The molecule has 2 N–H and O–H groups in total. The first-order chi connectivity index (χ1) is 9.36. The van der Waals surface area contributed by atoms with Crippen LogP contribution in [0, 0.1) is 19.8 Å². The Morgan fingerprint density at radius 3 is 2.50 bits per heavy atom. The number of nitrogens with two attached hydrogens (primary N) is 1. The van der Waals surface area contributed by atoms with Crippen LogP contribution in [0.15, 0.2) is 12.1 Å². The fourth-order valence-electron chi connectivity index (χ4n) is 2.19. The summed E-state index contributed by atoms with van der Waals surface area (Å²) >= 11 is 0. The highest BCUT2D eigenvalue weighted by Gasteiger charge is 2.19. The van der Waals surface area contributed by atoms with Gasteiger partial charge in [-0.2, -0.15) is 0 Å². The summed E-state index contributed by atoms with van der Waals surface area (Å²) in [7, 11) is 1.65. The standard InChI is InChI=1S/C16H26N2O2/c1-11(2)10-18(6-7-20-5)16(19)14-9-15(17)13(4)8-12(14)3/h8-9,11H,6-7,10,17H2,1-5H3. The number of amides is 1. The zero-order valence-electron chi connectivity index (χ0n) is 13.2. The van der Waals surface area contributed by atoms with E-state index in [4.69, 9.17) is 10.5 Å². The Hall–Kier alpha value is -1.55. The molecule has 0 saturated heterocycles. The van der Waals surface area contributed by atoms with Crippen molar-refractivity contribution in [3.63, 3.8) is 0 Å². The summed E-state index contributed by atoms with van der Waals surface area (Å²) in [6.45, 7) is 9.96. The van der Waals surface area contributed by atoms with Gasteiger partial charge < -0.3 is 15.4 Å². The molecular formula is C16H26N2O2. The number of benzene rings is 1. The fourth-order valence-corrected chi connectivity index (χ4v) is 2.19. The number of ether oxygens (including phenoxy) is 1. The third-order valence-electron chi connectivity index (χ3n) is 3.28. The Labute approximate surface area is 121 Å². The number of carbonyl (C=O) groups is 1. The molecule has 1 rings (SSSR count). The van der Waals surface area contributed by atoms with Crippen LogP contribution in [-0.2, 0) is 4.74 Å². The largest absolute Gasteiger partial charge is 0.398 e. The third kappa shape index (κ3) is 4.23. The highest BCUT2D eigenvalue weighted by atomic mass is 16.5. The van der Waals surface area contributed by atoms with Crippen molar-refractivity contribution in [1.29, 1.82) is 0 Å². The number of hydrogen-bond acceptors (Lipinski definition) is 3. The highest BCUT2D eigenvalue weighted by Crippen LogP contribution is 2.19. The number of aryl methyl sites for hydroxylation is 2. The molecule has 1 aromatic carbocycles. The summed E-state index contributed by atoms with van der Waals surface area (Å²) in [4.78, 5) is 14.5. The van der Waals surface area contributed by atoms with Gasteiger partial charge in [-0.05, 0) is 37.0 Å². The average Bonchev–Trinajstić information content (AvgIpc) is 2.37. The predicted octanol–water partition coefficient (Wildman–Crippen LogP) is 2.63. The van der Waals surface area contributed by atoms with Gasteiger partial charge >= 0.3 is 0 Å². The number of methoxy groups -OCH3 is 1. The van der Waals surface area contributed by atoms with E-state index in [1.807, 2.05) is 24.8 Å². The number of rotatable bonds is 6. The lowest BCUT2D eigenvalue weighted by Gasteiger charge is -2.25. The Kier molecular flexibility index (Phi) is 6.02. The van der Waals surface area contributed by atoms with Crippen molar-refractivity contribution in [2.45, 2.75) is 27.7 Å². The summed E-state index contributed by atoms with van der Waals surface area (Å²) < 4.78 is 5.09. The second-order valence-corrected chi connectivity index (χ2v) is 5.66. The van der Waals surface area contributed by atoms with E-state index < -0.39 is 0 Å². The van der Waals surface area contributed by atoms with Crippen LogP contribution in [0.25, 0.3) is 0 Å². The molecule has 112 valence electrons. The molecule has 20 heavy (non-hydrogen) atoms. The van der Waals surface area contributed by atoms with E-state index in [0.717, 1.165) is 17.7 Å². The first kappa shape index (κ1) is 16.5. The molecule has 1 amide bonds. The molecule has 0 bridgehead atoms. The second-order valence-electron chi connectivity index (χ2n) is 5.66. The van der Waals surface area contributed by atoms with Crippen LogP contribution in [0.2, 0.25) is 0 Å². The van der Waals surface area contributed by atoms with Gasteiger partial charge in [0, 0.05) is 31.5 Å². The third-order valence-corrected chi connectivity index (χ3v) is 3.28. The zero-order chi connectivity index (χ0) is 15.3. The maximum absolute atomic E-state index is 12.7. The SMILES string of the molecule is COCCN(CC(C)C)C(=O)c1cc(N)c(C)cc1C. The number of nitrogens with zero attached hydrogens (tertiary/aromatic N) is 1. The van der Waals surface area contributed by atoms with Gasteiger partial charge in [0.25, 0.3) is 5.91 Å². The maximum atomic E-state index is 12.7. The molecule has 0 unspecified atom stereocenters. The minimum Gasteiger partial charge on any atom is -0.398 e. The van der Waals surface area contributed by atoms with Gasteiger partial charge in [-0.3, -0.25) is 4.79 Å². The Morgan fingerprint density at radius 2 is 1.95 bits per heavy atom. The van der Waals surface area contributed by atoms with E-state index in [0.29, 0.717) is 30.3 Å². The van der Waals surface area contributed by atoms with E-state index in [1.165, 1.54) is 0 Å². The minimum absolute atomic E-state index is 0.0277. The molecule has 0 saturated carbocycles. The van der Waals surface area contributed by atoms with Crippen molar-refractivity contribution in [3.8, 4) is 0 Å². The maximum Gasteiger partial charge on any atom is 0.254 e. The summed E-state index contributed by atoms with van der Waals surface area (Å²) in [5.41, 5.74) is 9.25. The van der Waals surface area contributed by atoms with Gasteiger partial charge in [0.05, 0.1) is 6.61 Å². The number of hydrogen-bond donors (Lipinski definition) is 1. The minimum atomic E-state index is 0.0277. The molecule has 0 spiro atoms. The predicted molar refractivity (Wildman–Crippen MR) is 82.9 cm³/mol. The van der Waals surface area contributed by atoms with Gasteiger partial charge in [0.15, 0.2) is 0 Å². The first-order valence-corrected chi connectivity index (χ1v) is 7.01. The number of anilines is 1. The van der Waals surface area contributed by atoms with E-state index in [9.17, 15) is 4.79 Å². The van der Waals surface area contributed by atoms with Crippen LogP contribution >= 0.6 is 0 Å². The molecule has 0 atom stereocenters. The average molecular weight is 278 g/mol. The fraction of sp³-hybridized carbons (Fsp3) is 0.562. The molecule has 0 heterocycles. The van der Waals surface area contributed by atoms with Gasteiger partial charge in [-0.1, -0.05) is 19.9 Å². The van der Waals surface area contributed by atoms with Crippen molar-refractivity contribution >= 4 is 11.6 Å². The van der Waals surface area contributed by atoms with Gasteiger partial charge in [-0.15, -0.1) is 0 Å². The summed E-state index contributed by atoms with van der Waals surface area (Å²) in [5.74, 6) is 0.443. The van der Waals surface area contributed by atoms with Crippen LogP contribution in [0.1, 0.15) is 35.3 Å². The van der Waals surface area contributed by atoms with Gasteiger partial charge in [0.1, 0.15) is 0 Å². The number of nitrogen functional groups attached to an aromatic ring is 1. The lowest BCUT2D eigenvalue weighted by Crippen LogP contribution is -2.37. The lowest BCUT2D eigenvalue weighted by atomic mass is 10.0. The van der Waals surface area contributed by atoms with E-state index in [-0.39, 0.29) is 5.91 Å². The van der Waals surface area contributed by atoms with Crippen molar-refractivity contribution in [3.05, 3.63) is 28.8 Å². The van der Waals surface area contributed by atoms with Crippen molar-refractivity contribution in [2.75, 3.05) is 32.5 Å². The van der Waals surface area contributed by atoms with E-state index in [1.54, 1.807) is 13.2 Å². The Bertz CT molecular complexity index is 470. The van der Waals surface area contributed by atoms with Crippen molar-refractivity contribution in [2.24, 2.45) is 5.92 Å². The highest BCUT2D eigenvalue weighted by molar-refractivity contribution is 5.96. The smallest absolute Gasteiger partial charge is 0.254 e. The Morgan fingerprint density at radius 1 is 1.30 bits per heavy atom. The zero-order valence-corrected chi connectivity index (χ0v) is 13.2. The molecule has 0 aliphatic carbocycles. The van der Waals surface area contributed by atoms with Gasteiger partial charge in [0.2, 0.25) is 0 Å². The van der Waals surface area contributed by atoms with E-state index >= 15 is 0 Å². The lowest BCUT2D eigenvalue weighted by molar-refractivity contribution is 0.0671. The summed E-state index contributed by atoms with van der Waals surface area (Å²) in [5, 5.41) is 0.